The van der Waals surface area contributed by atoms with Crippen LogP contribution in [0.5, 0.6) is 5.75 Å². The van der Waals surface area contributed by atoms with Crippen molar-refractivity contribution in [3.63, 3.8) is 0 Å². The molecule has 2 aromatic carbocycles. The van der Waals surface area contributed by atoms with Gasteiger partial charge in [-0.3, -0.25) is 9.59 Å². The third-order valence-electron chi connectivity index (χ3n) is 3.81. The fraction of sp³-hybridized carbons (Fsp3) is 0.100. The van der Waals surface area contributed by atoms with Crippen LogP contribution in [0.3, 0.4) is 0 Å². The molecule has 0 radical (unpaired) electrons. The molecule has 0 aliphatic heterocycles. The second-order valence-electron chi connectivity index (χ2n) is 5.51. The summed E-state index contributed by atoms with van der Waals surface area (Å²) >= 11 is 1.12. The SMILES string of the molecule is COc1ccc(C(=O)CSc2nc(-c3ccccc3)c(C#N)c(=O)[nH]2)cc1. The fourth-order valence-corrected chi connectivity index (χ4v) is 3.18. The highest BCUT2D eigenvalue weighted by Crippen LogP contribution is 2.22. The third kappa shape index (κ3) is 4.25. The topological polar surface area (TPSA) is 95.8 Å². The van der Waals surface area contributed by atoms with Gasteiger partial charge in [0, 0.05) is 11.1 Å². The quantitative estimate of drug-likeness (QED) is 0.402. The zero-order valence-corrected chi connectivity index (χ0v) is 15.2. The van der Waals surface area contributed by atoms with E-state index in [2.05, 4.69) is 9.97 Å². The minimum absolute atomic E-state index is 0.0490. The van der Waals surface area contributed by atoms with Gasteiger partial charge in [-0.25, -0.2) is 4.98 Å². The summed E-state index contributed by atoms with van der Waals surface area (Å²) in [5.41, 5.74) is 0.949. The molecular weight excluding hydrogens is 362 g/mol. The van der Waals surface area contributed by atoms with E-state index in [1.807, 2.05) is 12.1 Å². The minimum atomic E-state index is -0.522. The molecule has 0 aliphatic carbocycles. The average Bonchev–Trinajstić information content (AvgIpc) is 2.72. The predicted octanol–water partition coefficient (Wildman–Crippen LogP) is 3.29. The molecule has 0 fully saturated rings. The normalized spacial score (nSPS) is 10.2. The zero-order valence-electron chi connectivity index (χ0n) is 14.4. The van der Waals surface area contributed by atoms with Crippen LogP contribution in [-0.2, 0) is 0 Å². The number of nitriles is 1. The Hall–Kier alpha value is -3.37. The van der Waals surface area contributed by atoms with Crippen LogP contribution in [-0.4, -0.2) is 28.6 Å². The summed E-state index contributed by atoms with van der Waals surface area (Å²) in [4.78, 5) is 31.5. The van der Waals surface area contributed by atoms with Gasteiger partial charge in [-0.15, -0.1) is 0 Å². The monoisotopic (exact) mass is 377 g/mol. The molecule has 27 heavy (non-hydrogen) atoms. The third-order valence-corrected chi connectivity index (χ3v) is 4.68. The number of nitrogens with zero attached hydrogens (tertiary/aromatic N) is 2. The van der Waals surface area contributed by atoms with Gasteiger partial charge >= 0.3 is 0 Å². The molecule has 1 N–H and O–H groups in total. The number of benzene rings is 2. The molecule has 1 aromatic heterocycles. The van der Waals surface area contributed by atoms with Crippen molar-refractivity contribution < 1.29 is 9.53 Å². The molecule has 0 amide bonds. The number of methoxy groups -OCH3 is 1. The van der Waals surface area contributed by atoms with Gasteiger partial charge in [0.05, 0.1) is 18.6 Å². The van der Waals surface area contributed by atoms with E-state index in [0.29, 0.717) is 27.7 Å². The molecule has 0 atom stereocenters. The van der Waals surface area contributed by atoms with E-state index < -0.39 is 5.56 Å². The maximum atomic E-state index is 12.3. The Kier molecular flexibility index (Phi) is 5.69. The molecule has 7 heteroatoms. The van der Waals surface area contributed by atoms with E-state index in [0.717, 1.165) is 11.8 Å². The van der Waals surface area contributed by atoms with E-state index in [1.54, 1.807) is 55.6 Å². The number of hydrogen-bond donors (Lipinski definition) is 1. The van der Waals surface area contributed by atoms with Crippen molar-refractivity contribution in [3.05, 3.63) is 76.1 Å². The molecule has 0 bridgehead atoms. The summed E-state index contributed by atoms with van der Waals surface area (Å²) < 4.78 is 5.08. The first-order chi connectivity index (χ1) is 13.1. The molecule has 3 rings (SSSR count). The standard InChI is InChI=1S/C20H15N3O3S/c1-26-15-9-7-13(8-10-15)17(24)12-27-20-22-18(14-5-3-2-4-6-14)16(11-21)19(25)23-20/h2-10H,12H2,1H3,(H,22,23,25). The summed E-state index contributed by atoms with van der Waals surface area (Å²) in [5.74, 6) is 0.677. The first kappa shape index (κ1) is 18.4. The minimum Gasteiger partial charge on any atom is -0.497 e. The fourth-order valence-electron chi connectivity index (χ4n) is 2.42. The van der Waals surface area contributed by atoms with Crippen LogP contribution in [0, 0.1) is 11.3 Å². The summed E-state index contributed by atoms with van der Waals surface area (Å²) in [6, 6.07) is 17.7. The van der Waals surface area contributed by atoms with Crippen LogP contribution < -0.4 is 10.3 Å². The van der Waals surface area contributed by atoms with Crippen LogP contribution in [0.4, 0.5) is 0 Å². The number of rotatable bonds is 6. The van der Waals surface area contributed by atoms with Gasteiger partial charge < -0.3 is 9.72 Å². The summed E-state index contributed by atoms with van der Waals surface area (Å²) in [6.45, 7) is 0. The van der Waals surface area contributed by atoms with E-state index in [4.69, 9.17) is 4.74 Å². The van der Waals surface area contributed by atoms with Crippen molar-refractivity contribution in [3.8, 4) is 23.1 Å². The van der Waals surface area contributed by atoms with Gasteiger partial charge in [0.15, 0.2) is 10.9 Å². The molecule has 0 unspecified atom stereocenters. The molecule has 0 spiro atoms. The summed E-state index contributed by atoms with van der Waals surface area (Å²) in [5, 5.41) is 9.57. The van der Waals surface area contributed by atoms with Gasteiger partial charge in [0.25, 0.3) is 5.56 Å². The number of Topliss-reactive ketones (excluding diaryl/α,β-unsaturated/α-hetero) is 1. The van der Waals surface area contributed by atoms with Gasteiger partial charge in [0.2, 0.25) is 0 Å². The molecule has 6 nitrogen and oxygen atoms in total. The number of nitrogens with one attached hydrogen (secondary N) is 1. The summed E-state index contributed by atoms with van der Waals surface area (Å²) in [7, 11) is 1.56. The molecule has 134 valence electrons. The lowest BCUT2D eigenvalue weighted by Gasteiger charge is -2.06. The molecule has 0 saturated heterocycles. The van der Waals surface area contributed by atoms with Crippen molar-refractivity contribution in [1.29, 1.82) is 5.26 Å². The highest BCUT2D eigenvalue weighted by atomic mass is 32.2. The summed E-state index contributed by atoms with van der Waals surface area (Å²) in [6.07, 6.45) is 0. The maximum absolute atomic E-state index is 12.3. The van der Waals surface area contributed by atoms with Crippen molar-refractivity contribution >= 4 is 17.5 Å². The van der Waals surface area contributed by atoms with E-state index in [-0.39, 0.29) is 17.1 Å². The number of aromatic nitrogens is 2. The molecule has 0 aliphatic rings. The van der Waals surface area contributed by atoms with Crippen molar-refractivity contribution in [1.82, 2.24) is 9.97 Å². The first-order valence-electron chi connectivity index (χ1n) is 8.02. The lowest BCUT2D eigenvalue weighted by Crippen LogP contribution is -2.15. The number of carbonyl (C=O) groups excluding carboxylic acids is 1. The number of H-pyrrole nitrogens is 1. The largest absolute Gasteiger partial charge is 0.497 e. The maximum Gasteiger partial charge on any atom is 0.270 e. The average molecular weight is 377 g/mol. The molecule has 3 aromatic rings. The van der Waals surface area contributed by atoms with Crippen LogP contribution in [0.1, 0.15) is 15.9 Å². The number of thioether (sulfide) groups is 1. The Balaban J connectivity index is 1.83. The van der Waals surface area contributed by atoms with Crippen LogP contribution in [0.2, 0.25) is 0 Å². The number of hydrogen-bond acceptors (Lipinski definition) is 6. The van der Waals surface area contributed by atoms with Gasteiger partial charge in [-0.05, 0) is 24.3 Å². The number of carbonyl (C=O) groups is 1. The highest BCUT2D eigenvalue weighted by Gasteiger charge is 2.15. The number of ketones is 1. The highest BCUT2D eigenvalue weighted by molar-refractivity contribution is 7.99. The van der Waals surface area contributed by atoms with Crippen molar-refractivity contribution in [2.45, 2.75) is 5.16 Å². The molecule has 0 saturated carbocycles. The van der Waals surface area contributed by atoms with Crippen molar-refractivity contribution in [2.75, 3.05) is 12.9 Å². The van der Waals surface area contributed by atoms with Gasteiger partial charge in [-0.2, -0.15) is 5.26 Å². The zero-order chi connectivity index (χ0) is 19.2. The predicted molar refractivity (Wildman–Crippen MR) is 103 cm³/mol. The van der Waals surface area contributed by atoms with Crippen molar-refractivity contribution in [2.24, 2.45) is 0 Å². The number of aromatic amines is 1. The lowest BCUT2D eigenvalue weighted by atomic mass is 10.1. The Morgan fingerprint density at radius 2 is 1.89 bits per heavy atom. The Morgan fingerprint density at radius 1 is 1.19 bits per heavy atom. The molecule has 1 heterocycles. The lowest BCUT2D eigenvalue weighted by molar-refractivity contribution is 0.102. The smallest absolute Gasteiger partial charge is 0.270 e. The molecular formula is C20H15N3O3S. The second-order valence-corrected chi connectivity index (χ2v) is 6.48. The van der Waals surface area contributed by atoms with Gasteiger partial charge in [0.1, 0.15) is 17.4 Å². The van der Waals surface area contributed by atoms with E-state index >= 15 is 0 Å². The van der Waals surface area contributed by atoms with Crippen LogP contribution in [0.25, 0.3) is 11.3 Å². The Morgan fingerprint density at radius 3 is 2.52 bits per heavy atom. The Labute approximate surface area is 159 Å². The second kappa shape index (κ2) is 8.34. The first-order valence-corrected chi connectivity index (χ1v) is 9.01. The number of ether oxygens (including phenoxy) is 1. The van der Waals surface area contributed by atoms with E-state index in [9.17, 15) is 14.9 Å². The van der Waals surface area contributed by atoms with Gasteiger partial charge in [-0.1, -0.05) is 42.1 Å². The Bertz CT molecular complexity index is 1050. The van der Waals surface area contributed by atoms with E-state index in [1.165, 1.54) is 0 Å². The van der Waals surface area contributed by atoms with Crippen LogP contribution >= 0.6 is 11.8 Å². The van der Waals surface area contributed by atoms with Crippen LogP contribution in [0.15, 0.2) is 64.5 Å².